The van der Waals surface area contributed by atoms with Gasteiger partial charge in [-0.2, -0.15) is 13.2 Å². The van der Waals surface area contributed by atoms with Gasteiger partial charge in [-0.05, 0) is 49.1 Å². The molecular weight excluding hydrogens is 547 g/mol. The van der Waals surface area contributed by atoms with E-state index in [0.29, 0.717) is 10.6 Å². The summed E-state index contributed by atoms with van der Waals surface area (Å²) in [5.41, 5.74) is 5.50. The number of piperidine rings is 1. The zero-order chi connectivity index (χ0) is 29.0. The van der Waals surface area contributed by atoms with Crippen LogP contribution in [0.5, 0.6) is 0 Å². The Morgan fingerprint density at radius 1 is 1.20 bits per heavy atom. The highest BCUT2D eigenvalue weighted by Crippen LogP contribution is 2.32. The van der Waals surface area contributed by atoms with Crippen molar-refractivity contribution in [3.8, 4) is 0 Å². The Hall–Kier alpha value is -3.15. The third kappa shape index (κ3) is 7.38. The molecule has 0 unspecified atom stereocenters. The minimum absolute atomic E-state index is 0.165. The quantitative estimate of drug-likeness (QED) is 0.213. The molecule has 1 aromatic carbocycles. The van der Waals surface area contributed by atoms with Gasteiger partial charge in [0, 0.05) is 85.3 Å². The average molecular weight is 586 g/mol. The maximum Gasteiger partial charge on any atom is 0.393 e. The number of hydrogen-bond donors (Lipinski definition) is 3. The van der Waals surface area contributed by atoms with Crippen LogP contribution in [0, 0.1) is 12.3 Å². The van der Waals surface area contributed by atoms with Crippen LogP contribution in [0.3, 0.4) is 0 Å². The first-order valence-electron chi connectivity index (χ1n) is 14.1. The molecule has 5 rings (SSSR count). The number of halogens is 3. The largest absolute Gasteiger partial charge is 0.393 e. The molecule has 7 nitrogen and oxygen atoms in total. The van der Waals surface area contributed by atoms with Crippen molar-refractivity contribution in [1.82, 2.24) is 19.7 Å². The fourth-order valence-corrected chi connectivity index (χ4v) is 6.72. The molecule has 2 saturated heterocycles. The standard InChI is InChI=1S/C30H38F3N7S/c1-21(39-13-8-35-9-14-39)18-40-12-7-27-22(2)23(3-4-28(27)40)19-38-10-5-25(6-11-38)36-20-37-29-24(17-34)15-26(41-29)16-30(31,32)33/h3-4,7,12,15,17,20,25,34-35H,1,5-6,8-11,13-14,16,18-19H2,2H3,(H,36,37). The van der Waals surface area contributed by atoms with E-state index >= 15 is 0 Å². The summed E-state index contributed by atoms with van der Waals surface area (Å²) in [6, 6.07) is 8.29. The van der Waals surface area contributed by atoms with Crippen molar-refractivity contribution in [3.05, 3.63) is 64.3 Å². The van der Waals surface area contributed by atoms with Gasteiger partial charge in [-0.1, -0.05) is 12.6 Å². The molecule has 3 aromatic rings. The summed E-state index contributed by atoms with van der Waals surface area (Å²) in [5.74, 6) is 0. The highest BCUT2D eigenvalue weighted by Gasteiger charge is 2.29. The molecule has 0 bridgehead atoms. The lowest BCUT2D eigenvalue weighted by molar-refractivity contribution is -0.126. The summed E-state index contributed by atoms with van der Waals surface area (Å²) < 4.78 is 40.5. The van der Waals surface area contributed by atoms with E-state index < -0.39 is 12.6 Å². The number of piperazine rings is 1. The fourth-order valence-electron chi connectivity index (χ4n) is 5.68. The lowest BCUT2D eigenvalue weighted by atomic mass is 10.0. The third-order valence-electron chi connectivity index (χ3n) is 8.03. The van der Waals surface area contributed by atoms with Crippen molar-refractivity contribution in [2.24, 2.45) is 4.99 Å². The zero-order valence-corrected chi connectivity index (χ0v) is 24.3. The van der Waals surface area contributed by atoms with E-state index in [0.717, 1.165) is 88.4 Å². The number of nitrogens with zero attached hydrogens (tertiary/aromatic N) is 4. The SMILES string of the molecule is C=C(Cn1ccc2c(C)c(CN3CCC(N=CNc4sc(CC(F)(F)F)cc4C=N)CC3)ccc21)N1CCNCC1. The predicted octanol–water partition coefficient (Wildman–Crippen LogP) is 5.64. The number of allylic oxidation sites excluding steroid dienone is 1. The van der Waals surface area contributed by atoms with Crippen LogP contribution in [-0.2, 0) is 19.5 Å². The summed E-state index contributed by atoms with van der Waals surface area (Å²) in [6.45, 7) is 14.2. The van der Waals surface area contributed by atoms with E-state index in [1.54, 1.807) is 6.34 Å². The Kier molecular flexibility index (Phi) is 9.16. The van der Waals surface area contributed by atoms with Gasteiger partial charge in [0.15, 0.2) is 0 Å². The Morgan fingerprint density at radius 3 is 2.66 bits per heavy atom. The number of aromatic nitrogens is 1. The van der Waals surface area contributed by atoms with Crippen LogP contribution in [0.2, 0.25) is 0 Å². The number of nitrogens with one attached hydrogen (secondary N) is 3. The van der Waals surface area contributed by atoms with Crippen molar-refractivity contribution in [2.45, 2.75) is 51.5 Å². The molecule has 0 spiro atoms. The molecule has 2 aromatic heterocycles. The Morgan fingerprint density at radius 2 is 1.95 bits per heavy atom. The Bertz CT molecular complexity index is 1390. The van der Waals surface area contributed by atoms with Crippen LogP contribution >= 0.6 is 11.3 Å². The minimum atomic E-state index is -4.26. The molecule has 41 heavy (non-hydrogen) atoms. The lowest BCUT2D eigenvalue weighted by Gasteiger charge is -2.31. The van der Waals surface area contributed by atoms with Gasteiger partial charge < -0.3 is 25.5 Å². The van der Waals surface area contributed by atoms with Gasteiger partial charge in [0.1, 0.15) is 5.00 Å². The van der Waals surface area contributed by atoms with Crippen molar-refractivity contribution in [3.63, 3.8) is 0 Å². The lowest BCUT2D eigenvalue weighted by Crippen LogP contribution is -2.43. The van der Waals surface area contributed by atoms with E-state index in [2.05, 4.69) is 67.9 Å². The van der Waals surface area contributed by atoms with Crippen LogP contribution in [0.1, 0.15) is 34.4 Å². The van der Waals surface area contributed by atoms with Crippen molar-refractivity contribution in [2.75, 3.05) is 44.6 Å². The van der Waals surface area contributed by atoms with Gasteiger partial charge in [0.2, 0.25) is 0 Å². The van der Waals surface area contributed by atoms with Gasteiger partial charge in [-0.3, -0.25) is 9.89 Å². The smallest absolute Gasteiger partial charge is 0.371 e. The van der Waals surface area contributed by atoms with E-state index in [9.17, 15) is 13.2 Å². The average Bonchev–Trinajstić information content (AvgIpc) is 3.54. The van der Waals surface area contributed by atoms with Crippen molar-refractivity contribution >= 4 is 39.8 Å². The van der Waals surface area contributed by atoms with Gasteiger partial charge in [0.25, 0.3) is 0 Å². The third-order valence-corrected chi connectivity index (χ3v) is 9.11. The predicted molar refractivity (Wildman–Crippen MR) is 163 cm³/mol. The van der Waals surface area contributed by atoms with E-state index in [-0.39, 0.29) is 10.9 Å². The summed E-state index contributed by atoms with van der Waals surface area (Å²) in [5, 5.41) is 15.7. The molecule has 2 fully saturated rings. The highest BCUT2D eigenvalue weighted by molar-refractivity contribution is 7.16. The Labute approximate surface area is 243 Å². The van der Waals surface area contributed by atoms with Gasteiger partial charge in [0.05, 0.1) is 25.3 Å². The molecule has 3 N–H and O–H groups in total. The molecule has 0 aliphatic carbocycles. The van der Waals surface area contributed by atoms with Gasteiger partial charge in [-0.25, -0.2) is 0 Å². The van der Waals surface area contributed by atoms with E-state index in [1.165, 1.54) is 28.1 Å². The van der Waals surface area contributed by atoms with Crippen molar-refractivity contribution in [1.29, 1.82) is 5.41 Å². The second kappa shape index (κ2) is 12.8. The second-order valence-electron chi connectivity index (χ2n) is 10.9. The maximum absolute atomic E-state index is 12.7. The number of likely N-dealkylation sites (tertiary alicyclic amines) is 1. The van der Waals surface area contributed by atoms with Crippen LogP contribution in [-0.4, -0.2) is 78.4 Å². The summed E-state index contributed by atoms with van der Waals surface area (Å²) >= 11 is 1.02. The zero-order valence-electron chi connectivity index (χ0n) is 23.4. The maximum atomic E-state index is 12.7. The number of aryl methyl sites for hydroxylation is 1. The normalized spacial score (nSPS) is 17.5. The van der Waals surface area contributed by atoms with Gasteiger partial charge >= 0.3 is 6.18 Å². The molecule has 2 aliphatic rings. The number of anilines is 1. The molecule has 2 aliphatic heterocycles. The molecule has 0 amide bonds. The number of benzene rings is 1. The molecular formula is C30H38F3N7S. The first-order chi connectivity index (χ1) is 19.7. The molecule has 4 heterocycles. The van der Waals surface area contributed by atoms with Gasteiger partial charge in [-0.15, -0.1) is 11.3 Å². The second-order valence-corrected chi connectivity index (χ2v) is 12.0. The summed E-state index contributed by atoms with van der Waals surface area (Å²) in [7, 11) is 0. The topological polar surface area (TPSA) is 71.7 Å². The summed E-state index contributed by atoms with van der Waals surface area (Å²) in [4.78, 5) is 9.65. The number of thiophene rings is 1. The molecule has 0 saturated carbocycles. The van der Waals surface area contributed by atoms with Crippen molar-refractivity contribution < 1.29 is 13.2 Å². The number of fused-ring (bicyclic) bond motifs is 1. The number of aliphatic imine (C=N–C) groups is 1. The number of hydrogen-bond acceptors (Lipinski definition) is 6. The van der Waals surface area contributed by atoms with E-state index in [4.69, 9.17) is 5.41 Å². The summed E-state index contributed by atoms with van der Waals surface area (Å²) in [6.07, 6.45) is 1.42. The van der Waals surface area contributed by atoms with Crippen LogP contribution in [0.15, 0.2) is 47.7 Å². The van der Waals surface area contributed by atoms with Crippen LogP contribution in [0.4, 0.5) is 18.2 Å². The van der Waals surface area contributed by atoms with Crippen LogP contribution < -0.4 is 10.6 Å². The fraction of sp³-hybridized carbons (Fsp3) is 0.467. The number of rotatable bonds is 10. The minimum Gasteiger partial charge on any atom is -0.371 e. The van der Waals surface area contributed by atoms with E-state index in [1.807, 2.05) is 0 Å². The molecule has 11 heteroatoms. The molecule has 0 radical (unpaired) electrons. The highest BCUT2D eigenvalue weighted by atomic mass is 32.1. The Balaban J connectivity index is 1.13. The number of alkyl halides is 3. The first kappa shape index (κ1) is 29.3. The monoisotopic (exact) mass is 585 g/mol. The first-order valence-corrected chi connectivity index (χ1v) is 14.9. The van der Waals surface area contributed by atoms with Crippen LogP contribution in [0.25, 0.3) is 10.9 Å². The molecule has 0 atom stereocenters. The molecule has 220 valence electrons.